The van der Waals surface area contributed by atoms with Crippen LogP contribution in [0.2, 0.25) is 18.1 Å². The summed E-state index contributed by atoms with van der Waals surface area (Å²) in [5, 5.41) is 12.3. The van der Waals surface area contributed by atoms with Crippen molar-refractivity contribution in [3.05, 3.63) is 29.3 Å². The fourth-order valence-corrected chi connectivity index (χ4v) is 4.22. The monoisotopic (exact) mass is 452 g/mol. The summed E-state index contributed by atoms with van der Waals surface area (Å²) in [5.74, 6) is -1.46. The van der Waals surface area contributed by atoms with Gasteiger partial charge in [0.2, 0.25) is 0 Å². The van der Waals surface area contributed by atoms with Gasteiger partial charge in [0.25, 0.3) is 0 Å². The summed E-state index contributed by atoms with van der Waals surface area (Å²) in [6.07, 6.45) is -1.28. The Hall–Kier alpha value is -2.06. The number of ether oxygens (including phenoxy) is 1. The molecule has 176 valence electrons. The number of benzene rings is 1. The molecule has 0 spiro atoms. The molecular weight excluding hydrogens is 412 g/mol. The van der Waals surface area contributed by atoms with E-state index in [4.69, 9.17) is 14.9 Å². The second-order valence-corrected chi connectivity index (χ2v) is 15.4. The zero-order chi connectivity index (χ0) is 24.2. The van der Waals surface area contributed by atoms with Gasteiger partial charge in [-0.2, -0.15) is 0 Å². The van der Waals surface area contributed by atoms with E-state index in [1.165, 1.54) is 0 Å². The largest absolute Gasteiger partial charge is 0.481 e. The van der Waals surface area contributed by atoms with Crippen LogP contribution in [0, 0.1) is 12.8 Å². The Morgan fingerprint density at radius 1 is 1.16 bits per heavy atom. The molecular formula is C23H40N2O5Si. The molecule has 0 radical (unpaired) electrons. The summed E-state index contributed by atoms with van der Waals surface area (Å²) in [6, 6.07) is 5.56. The number of amides is 1. The summed E-state index contributed by atoms with van der Waals surface area (Å²) >= 11 is 0. The number of carbonyl (C=O) groups is 2. The van der Waals surface area contributed by atoms with Crippen molar-refractivity contribution in [1.29, 1.82) is 0 Å². The third-order valence-corrected chi connectivity index (χ3v) is 10.1. The molecule has 0 aliphatic rings. The van der Waals surface area contributed by atoms with Crippen LogP contribution in [0.4, 0.5) is 10.5 Å². The van der Waals surface area contributed by atoms with E-state index >= 15 is 0 Å². The highest BCUT2D eigenvalue weighted by atomic mass is 28.4. The van der Waals surface area contributed by atoms with Crippen molar-refractivity contribution in [2.75, 3.05) is 12.3 Å². The molecule has 0 bridgehead atoms. The minimum absolute atomic E-state index is 0.0775. The Balaban J connectivity index is 3.35. The van der Waals surface area contributed by atoms with Crippen molar-refractivity contribution in [2.24, 2.45) is 5.92 Å². The van der Waals surface area contributed by atoms with Gasteiger partial charge in [-0.15, -0.1) is 0 Å². The molecule has 31 heavy (non-hydrogen) atoms. The molecule has 8 heteroatoms. The van der Waals surface area contributed by atoms with Gasteiger partial charge in [0, 0.05) is 18.2 Å². The van der Waals surface area contributed by atoms with Crippen LogP contribution >= 0.6 is 0 Å². The summed E-state index contributed by atoms with van der Waals surface area (Å²) < 4.78 is 12.1. The van der Waals surface area contributed by atoms with Gasteiger partial charge in [0.1, 0.15) is 5.60 Å². The Morgan fingerprint density at radius 2 is 1.74 bits per heavy atom. The second-order valence-electron chi connectivity index (χ2n) is 10.7. The van der Waals surface area contributed by atoms with Crippen LogP contribution in [0.25, 0.3) is 0 Å². The van der Waals surface area contributed by atoms with E-state index in [1.54, 1.807) is 20.8 Å². The van der Waals surface area contributed by atoms with E-state index in [0.29, 0.717) is 5.69 Å². The molecule has 0 aliphatic heterocycles. The fraction of sp³-hybridized carbons (Fsp3) is 0.652. The van der Waals surface area contributed by atoms with Crippen LogP contribution in [0.1, 0.15) is 65.2 Å². The maximum Gasteiger partial charge on any atom is 0.407 e. The lowest BCUT2D eigenvalue weighted by Gasteiger charge is -2.42. The molecule has 1 rings (SSSR count). The molecule has 2 unspecified atom stereocenters. The molecule has 0 aliphatic carbocycles. The van der Waals surface area contributed by atoms with Crippen LogP contribution in [-0.2, 0) is 14.0 Å². The van der Waals surface area contributed by atoms with E-state index in [1.807, 2.05) is 25.1 Å². The molecule has 0 aromatic heterocycles. The maximum atomic E-state index is 12.2. The number of hydrogen-bond acceptors (Lipinski definition) is 5. The molecule has 4 N–H and O–H groups in total. The van der Waals surface area contributed by atoms with Crippen molar-refractivity contribution >= 4 is 26.1 Å². The Kier molecular flexibility index (Phi) is 8.73. The van der Waals surface area contributed by atoms with Crippen LogP contribution in [-0.4, -0.2) is 37.6 Å². The lowest BCUT2D eigenvalue weighted by molar-refractivity contribution is -0.139. The first-order valence-electron chi connectivity index (χ1n) is 10.7. The quantitative estimate of drug-likeness (QED) is 0.367. The number of carbonyl (C=O) groups excluding carboxylic acids is 1. The number of carboxylic acid groups (broad SMARTS) is 1. The van der Waals surface area contributed by atoms with Crippen molar-refractivity contribution in [3.8, 4) is 0 Å². The van der Waals surface area contributed by atoms with E-state index in [2.05, 4.69) is 39.2 Å². The summed E-state index contributed by atoms with van der Waals surface area (Å²) in [6.45, 7) is 18.0. The van der Waals surface area contributed by atoms with Gasteiger partial charge in [0.05, 0.1) is 12.5 Å². The Bertz CT molecular complexity index is 781. The number of carboxylic acids is 1. The molecule has 0 saturated heterocycles. The van der Waals surface area contributed by atoms with Crippen molar-refractivity contribution in [3.63, 3.8) is 0 Å². The number of aliphatic carboxylic acids is 1. The predicted octanol–water partition coefficient (Wildman–Crippen LogP) is 5.26. The fourth-order valence-electron chi connectivity index (χ4n) is 2.91. The van der Waals surface area contributed by atoms with Gasteiger partial charge in [-0.1, -0.05) is 26.8 Å². The smallest absolute Gasteiger partial charge is 0.407 e. The first-order valence-corrected chi connectivity index (χ1v) is 13.6. The molecule has 1 amide bonds. The lowest BCUT2D eigenvalue weighted by atomic mass is 9.90. The van der Waals surface area contributed by atoms with Gasteiger partial charge in [-0.25, -0.2) is 4.79 Å². The average molecular weight is 453 g/mol. The molecule has 0 fully saturated rings. The van der Waals surface area contributed by atoms with Gasteiger partial charge >= 0.3 is 12.1 Å². The highest BCUT2D eigenvalue weighted by molar-refractivity contribution is 6.74. The SMILES string of the molecule is Cc1ccc(N)cc1C(O[Si](C)(C)C(C)(C)C)C(CNC(=O)OC(C)(C)C)CC(=O)O. The van der Waals surface area contributed by atoms with Gasteiger partial charge in [-0.05, 0) is 69.1 Å². The number of nitrogens with two attached hydrogens (primary N) is 1. The van der Waals surface area contributed by atoms with Crippen LogP contribution < -0.4 is 11.1 Å². The van der Waals surface area contributed by atoms with Crippen molar-refractivity contribution in [2.45, 2.75) is 84.7 Å². The highest BCUT2D eigenvalue weighted by Crippen LogP contribution is 2.43. The number of alkyl carbamates (subject to hydrolysis) is 1. The van der Waals surface area contributed by atoms with Gasteiger partial charge in [-0.3, -0.25) is 4.79 Å². The average Bonchev–Trinajstić information content (AvgIpc) is 2.56. The number of nitrogen functional groups attached to an aromatic ring is 1. The zero-order valence-electron chi connectivity index (χ0n) is 20.5. The Labute approximate surface area is 187 Å². The van der Waals surface area contributed by atoms with Crippen LogP contribution in [0.15, 0.2) is 18.2 Å². The maximum absolute atomic E-state index is 12.2. The molecule has 7 nitrogen and oxygen atoms in total. The number of rotatable bonds is 8. The standard InChI is InChI=1S/C23H40N2O5Si/c1-15-10-11-17(24)13-18(15)20(30-31(8,9)23(5,6)7)16(12-19(26)27)14-25-21(28)29-22(2,3)4/h10-11,13,16,20H,12,14,24H2,1-9H3,(H,25,28)(H,26,27). The summed E-state index contributed by atoms with van der Waals surface area (Å²) in [4.78, 5) is 24.0. The predicted molar refractivity (Wildman–Crippen MR) is 127 cm³/mol. The third kappa shape index (κ3) is 8.53. The first-order chi connectivity index (χ1) is 13.9. The van der Waals surface area contributed by atoms with Gasteiger partial charge in [0.15, 0.2) is 8.32 Å². The van der Waals surface area contributed by atoms with Crippen LogP contribution in [0.5, 0.6) is 0 Å². The number of nitrogens with one attached hydrogen (secondary N) is 1. The summed E-state index contributed by atoms with van der Waals surface area (Å²) in [7, 11) is -2.28. The van der Waals surface area contributed by atoms with Gasteiger partial charge < -0.3 is 25.3 Å². The second kappa shape index (κ2) is 10.0. The third-order valence-electron chi connectivity index (χ3n) is 5.61. The van der Waals surface area contributed by atoms with Crippen LogP contribution in [0.3, 0.4) is 0 Å². The Morgan fingerprint density at radius 3 is 2.23 bits per heavy atom. The number of anilines is 1. The number of aryl methyl sites for hydroxylation is 1. The molecule has 1 aromatic rings. The number of hydrogen-bond donors (Lipinski definition) is 3. The van der Waals surface area contributed by atoms with E-state index in [0.717, 1.165) is 11.1 Å². The minimum Gasteiger partial charge on any atom is -0.481 e. The lowest BCUT2D eigenvalue weighted by Crippen LogP contribution is -2.45. The minimum atomic E-state index is -2.28. The topological polar surface area (TPSA) is 111 Å². The first kappa shape index (κ1) is 27.0. The molecule has 1 aromatic carbocycles. The van der Waals surface area contributed by atoms with E-state index in [-0.39, 0.29) is 18.0 Å². The van der Waals surface area contributed by atoms with Crippen molar-refractivity contribution in [1.82, 2.24) is 5.32 Å². The summed E-state index contributed by atoms with van der Waals surface area (Å²) in [5.41, 5.74) is 7.81. The molecule has 2 atom stereocenters. The van der Waals surface area contributed by atoms with E-state index in [9.17, 15) is 14.7 Å². The molecule has 0 heterocycles. The van der Waals surface area contributed by atoms with Crippen molar-refractivity contribution < 1.29 is 23.9 Å². The zero-order valence-corrected chi connectivity index (χ0v) is 21.5. The van der Waals surface area contributed by atoms with E-state index < -0.39 is 38.0 Å². The highest BCUT2D eigenvalue weighted by Gasteiger charge is 2.42. The normalized spacial score (nSPS) is 14.6. The molecule has 0 saturated carbocycles.